The summed E-state index contributed by atoms with van der Waals surface area (Å²) < 4.78 is 13.2. The Morgan fingerprint density at radius 2 is 2.12 bits per heavy atom. The Kier molecular flexibility index (Phi) is 2.77. The van der Waals surface area contributed by atoms with Crippen molar-refractivity contribution in [1.82, 2.24) is 4.90 Å². The summed E-state index contributed by atoms with van der Waals surface area (Å²) in [5.41, 5.74) is -1.10. The van der Waals surface area contributed by atoms with Crippen LogP contribution in [-0.4, -0.2) is 40.6 Å². The van der Waals surface area contributed by atoms with Crippen LogP contribution in [0.2, 0.25) is 0 Å². The molecule has 92 valence electrons. The molecular weight excluding hydrogens is 227 g/mol. The molecule has 1 heterocycles. The van der Waals surface area contributed by atoms with Gasteiger partial charge in [0.2, 0.25) is 5.91 Å². The van der Waals surface area contributed by atoms with Gasteiger partial charge in [0.15, 0.2) is 0 Å². The largest absolute Gasteiger partial charge is 0.480 e. The van der Waals surface area contributed by atoms with Crippen molar-refractivity contribution in [2.75, 3.05) is 6.54 Å². The molecule has 1 aliphatic heterocycles. The number of carboxylic acid groups (broad SMARTS) is 1. The van der Waals surface area contributed by atoms with E-state index >= 15 is 0 Å². The fourth-order valence-corrected chi connectivity index (χ4v) is 2.42. The molecule has 2 rings (SSSR count). The standard InChI is InChI=1S/C11H13FN2O3/c12-7-4-8(9(15)16)14(5-7)10(17)11(6-13)2-1-3-11/h7-8H,1-5H2,(H,15,16)/t7-,8+/m1/s1. The number of likely N-dealkylation sites (tertiary alicyclic amines) is 1. The molecule has 2 atom stereocenters. The summed E-state index contributed by atoms with van der Waals surface area (Å²) in [5, 5.41) is 18.0. The van der Waals surface area contributed by atoms with Crippen molar-refractivity contribution in [1.29, 1.82) is 5.26 Å². The lowest BCUT2D eigenvalue weighted by Crippen LogP contribution is -2.51. The Morgan fingerprint density at radius 1 is 1.47 bits per heavy atom. The second kappa shape index (κ2) is 3.99. The van der Waals surface area contributed by atoms with Crippen LogP contribution in [-0.2, 0) is 9.59 Å². The summed E-state index contributed by atoms with van der Waals surface area (Å²) in [5.74, 6) is -1.72. The van der Waals surface area contributed by atoms with E-state index in [1.807, 2.05) is 6.07 Å². The Hall–Kier alpha value is -1.64. The van der Waals surface area contributed by atoms with E-state index in [1.165, 1.54) is 0 Å². The van der Waals surface area contributed by atoms with Gasteiger partial charge in [-0.25, -0.2) is 9.18 Å². The fraction of sp³-hybridized carbons (Fsp3) is 0.727. The molecule has 2 fully saturated rings. The molecule has 17 heavy (non-hydrogen) atoms. The normalized spacial score (nSPS) is 30.5. The maximum absolute atomic E-state index is 13.2. The molecule has 1 aliphatic carbocycles. The molecule has 1 N–H and O–H groups in total. The van der Waals surface area contributed by atoms with Crippen LogP contribution < -0.4 is 0 Å². The van der Waals surface area contributed by atoms with Gasteiger partial charge in [-0.3, -0.25) is 4.79 Å². The summed E-state index contributed by atoms with van der Waals surface area (Å²) >= 11 is 0. The van der Waals surface area contributed by atoms with E-state index in [2.05, 4.69) is 0 Å². The summed E-state index contributed by atoms with van der Waals surface area (Å²) in [6, 6.07) is 0.837. The minimum absolute atomic E-state index is 0.178. The third-order valence-corrected chi connectivity index (χ3v) is 3.63. The van der Waals surface area contributed by atoms with Crippen molar-refractivity contribution in [3.05, 3.63) is 0 Å². The number of carboxylic acids is 1. The van der Waals surface area contributed by atoms with Crippen molar-refractivity contribution in [3.63, 3.8) is 0 Å². The summed E-state index contributed by atoms with van der Waals surface area (Å²) in [4.78, 5) is 24.1. The molecule has 5 nitrogen and oxygen atoms in total. The van der Waals surface area contributed by atoms with Crippen molar-refractivity contribution < 1.29 is 19.1 Å². The van der Waals surface area contributed by atoms with Crippen molar-refractivity contribution in [2.24, 2.45) is 5.41 Å². The average molecular weight is 240 g/mol. The van der Waals surface area contributed by atoms with Crippen LogP contribution in [0.15, 0.2) is 0 Å². The second-order valence-corrected chi connectivity index (χ2v) is 4.69. The predicted octanol–water partition coefficient (Wildman–Crippen LogP) is 0.704. The molecule has 1 saturated carbocycles. The third kappa shape index (κ3) is 1.75. The number of alkyl halides is 1. The van der Waals surface area contributed by atoms with Gasteiger partial charge in [-0.1, -0.05) is 0 Å². The van der Waals surface area contributed by atoms with E-state index in [4.69, 9.17) is 10.4 Å². The van der Waals surface area contributed by atoms with Crippen molar-refractivity contribution in [3.8, 4) is 6.07 Å². The summed E-state index contributed by atoms with van der Waals surface area (Å²) in [7, 11) is 0. The SMILES string of the molecule is N#CC1(C(=O)N2C[C@H](F)C[C@H]2C(=O)O)CCC1. The van der Waals surface area contributed by atoms with Crippen molar-refractivity contribution in [2.45, 2.75) is 37.9 Å². The van der Waals surface area contributed by atoms with Crippen LogP contribution in [0.1, 0.15) is 25.7 Å². The van der Waals surface area contributed by atoms with E-state index in [1.54, 1.807) is 0 Å². The van der Waals surface area contributed by atoms with Gasteiger partial charge in [0.25, 0.3) is 0 Å². The maximum Gasteiger partial charge on any atom is 0.326 e. The van der Waals surface area contributed by atoms with Crippen molar-refractivity contribution >= 4 is 11.9 Å². The molecular formula is C11H13FN2O3. The Balaban J connectivity index is 2.19. The Morgan fingerprint density at radius 3 is 2.53 bits per heavy atom. The van der Waals surface area contributed by atoms with Crippen LogP contribution in [0, 0.1) is 16.7 Å². The highest BCUT2D eigenvalue weighted by Crippen LogP contribution is 2.43. The molecule has 0 unspecified atom stereocenters. The lowest BCUT2D eigenvalue weighted by Gasteiger charge is -2.37. The Bertz CT molecular complexity index is 400. The molecule has 0 bridgehead atoms. The third-order valence-electron chi connectivity index (χ3n) is 3.63. The number of hydrogen-bond acceptors (Lipinski definition) is 3. The number of rotatable bonds is 2. The van der Waals surface area contributed by atoms with Crippen LogP contribution in [0.4, 0.5) is 4.39 Å². The van der Waals surface area contributed by atoms with E-state index < -0.39 is 29.5 Å². The highest BCUT2D eigenvalue weighted by atomic mass is 19.1. The van der Waals surface area contributed by atoms with E-state index in [0.717, 1.165) is 11.3 Å². The van der Waals surface area contributed by atoms with Gasteiger partial charge in [-0.2, -0.15) is 5.26 Å². The Labute approximate surface area is 97.8 Å². The fourth-order valence-electron chi connectivity index (χ4n) is 2.42. The molecule has 2 aliphatic rings. The number of amides is 1. The zero-order valence-electron chi connectivity index (χ0n) is 9.23. The lowest BCUT2D eigenvalue weighted by molar-refractivity contribution is -0.153. The predicted molar refractivity (Wildman–Crippen MR) is 54.5 cm³/mol. The molecule has 0 aromatic heterocycles. The van der Waals surface area contributed by atoms with Gasteiger partial charge < -0.3 is 10.0 Å². The molecule has 0 radical (unpaired) electrons. The molecule has 1 amide bonds. The van der Waals surface area contributed by atoms with Gasteiger partial charge in [-0.15, -0.1) is 0 Å². The first-order valence-electron chi connectivity index (χ1n) is 5.59. The van der Waals surface area contributed by atoms with E-state index in [0.29, 0.717) is 12.8 Å². The van der Waals surface area contributed by atoms with Crippen LogP contribution in [0.3, 0.4) is 0 Å². The van der Waals surface area contributed by atoms with E-state index in [-0.39, 0.29) is 13.0 Å². The van der Waals surface area contributed by atoms with Gasteiger partial charge in [0, 0.05) is 6.42 Å². The highest BCUT2D eigenvalue weighted by molar-refractivity contribution is 5.90. The first-order chi connectivity index (χ1) is 8.00. The van der Waals surface area contributed by atoms with Gasteiger partial charge in [-0.05, 0) is 19.3 Å². The number of hydrogen-bond donors (Lipinski definition) is 1. The van der Waals surface area contributed by atoms with Crippen LogP contribution in [0.25, 0.3) is 0 Å². The monoisotopic (exact) mass is 240 g/mol. The smallest absolute Gasteiger partial charge is 0.326 e. The number of halogens is 1. The molecule has 0 spiro atoms. The topological polar surface area (TPSA) is 81.4 Å². The summed E-state index contributed by atoms with van der Waals surface area (Å²) in [6.07, 6.45) is 0.187. The molecule has 0 aromatic rings. The maximum atomic E-state index is 13.2. The lowest BCUT2D eigenvalue weighted by atomic mass is 9.69. The van der Waals surface area contributed by atoms with Gasteiger partial charge in [0.1, 0.15) is 17.6 Å². The number of nitriles is 1. The second-order valence-electron chi connectivity index (χ2n) is 4.69. The summed E-state index contributed by atoms with van der Waals surface area (Å²) in [6.45, 7) is -0.209. The molecule has 0 aromatic carbocycles. The quantitative estimate of drug-likeness (QED) is 0.770. The highest BCUT2D eigenvalue weighted by Gasteiger charge is 2.51. The average Bonchev–Trinajstić information content (AvgIpc) is 2.59. The number of aliphatic carboxylic acids is 1. The number of carbonyl (C=O) groups excluding carboxylic acids is 1. The van der Waals surface area contributed by atoms with Crippen LogP contribution in [0.5, 0.6) is 0 Å². The number of nitrogens with zero attached hydrogens (tertiary/aromatic N) is 2. The van der Waals surface area contributed by atoms with E-state index in [9.17, 15) is 14.0 Å². The first kappa shape index (κ1) is 11.8. The number of carbonyl (C=O) groups is 2. The van der Waals surface area contributed by atoms with Gasteiger partial charge >= 0.3 is 5.97 Å². The minimum Gasteiger partial charge on any atom is -0.480 e. The minimum atomic E-state index is -1.31. The van der Waals surface area contributed by atoms with Crippen LogP contribution >= 0.6 is 0 Å². The molecule has 1 saturated heterocycles. The molecule has 6 heteroatoms. The zero-order valence-corrected chi connectivity index (χ0v) is 9.23. The van der Waals surface area contributed by atoms with Gasteiger partial charge in [0.05, 0.1) is 12.6 Å². The zero-order chi connectivity index (χ0) is 12.6. The first-order valence-corrected chi connectivity index (χ1v) is 5.59.